The Morgan fingerprint density at radius 3 is 2.82 bits per heavy atom. The van der Waals surface area contributed by atoms with E-state index in [9.17, 15) is 4.79 Å². The smallest absolute Gasteiger partial charge is 0.223 e. The molecule has 1 unspecified atom stereocenters. The maximum Gasteiger partial charge on any atom is 0.223 e. The number of hydrogen-bond acceptors (Lipinski definition) is 6. The average molecular weight is 400 g/mol. The van der Waals surface area contributed by atoms with Gasteiger partial charge in [0.25, 0.3) is 0 Å². The van der Waals surface area contributed by atoms with E-state index in [-0.39, 0.29) is 17.9 Å². The first-order chi connectivity index (χ1) is 13.6. The monoisotopic (exact) mass is 399 g/mol. The fourth-order valence-corrected chi connectivity index (χ4v) is 3.80. The molecule has 1 aromatic carbocycles. The summed E-state index contributed by atoms with van der Waals surface area (Å²) in [4.78, 5) is 14.8. The van der Waals surface area contributed by atoms with Crippen molar-refractivity contribution in [2.24, 2.45) is 5.92 Å². The summed E-state index contributed by atoms with van der Waals surface area (Å²) in [6.45, 7) is 3.57. The first kappa shape index (κ1) is 18.6. The Bertz CT molecular complexity index is 968. The van der Waals surface area contributed by atoms with Gasteiger partial charge in [-0.2, -0.15) is 0 Å². The van der Waals surface area contributed by atoms with E-state index in [0.29, 0.717) is 5.65 Å². The van der Waals surface area contributed by atoms with Crippen molar-refractivity contribution in [1.29, 1.82) is 0 Å². The van der Waals surface area contributed by atoms with E-state index in [1.807, 2.05) is 43.3 Å². The molecule has 1 aliphatic heterocycles. The largest absolute Gasteiger partial charge is 0.355 e. The zero-order valence-corrected chi connectivity index (χ0v) is 16.4. The van der Waals surface area contributed by atoms with Crippen molar-refractivity contribution in [2.75, 3.05) is 18.0 Å². The van der Waals surface area contributed by atoms with Crippen LogP contribution < -0.4 is 10.2 Å². The van der Waals surface area contributed by atoms with Crippen LogP contribution in [0.15, 0.2) is 36.4 Å². The summed E-state index contributed by atoms with van der Waals surface area (Å²) >= 11 is 6.22. The van der Waals surface area contributed by atoms with Gasteiger partial charge >= 0.3 is 0 Å². The zero-order chi connectivity index (χ0) is 19.5. The number of fused-ring (bicyclic) bond motifs is 1. The van der Waals surface area contributed by atoms with E-state index in [4.69, 9.17) is 11.6 Å². The van der Waals surface area contributed by atoms with Gasteiger partial charge in [-0.05, 0) is 60.4 Å². The quantitative estimate of drug-likeness (QED) is 0.707. The van der Waals surface area contributed by atoms with Gasteiger partial charge in [0.2, 0.25) is 5.91 Å². The first-order valence-corrected chi connectivity index (χ1v) is 9.82. The zero-order valence-electron chi connectivity index (χ0n) is 15.6. The summed E-state index contributed by atoms with van der Waals surface area (Å²) in [5.41, 5.74) is 1.67. The third kappa shape index (κ3) is 4.06. The molecule has 0 spiro atoms. The molecule has 28 heavy (non-hydrogen) atoms. The van der Waals surface area contributed by atoms with Crippen LogP contribution in [0.1, 0.15) is 25.3 Å². The van der Waals surface area contributed by atoms with Crippen molar-refractivity contribution < 1.29 is 4.79 Å². The molecule has 0 aliphatic carbocycles. The van der Waals surface area contributed by atoms with Gasteiger partial charge in [0.1, 0.15) is 0 Å². The van der Waals surface area contributed by atoms with E-state index in [2.05, 4.69) is 30.8 Å². The summed E-state index contributed by atoms with van der Waals surface area (Å²) in [6.07, 6.45) is 2.31. The van der Waals surface area contributed by atoms with Crippen LogP contribution >= 0.6 is 11.6 Å². The molecule has 0 saturated carbocycles. The number of piperidine rings is 1. The highest BCUT2D eigenvalue weighted by Gasteiger charge is 2.26. The Labute approximate surface area is 167 Å². The fraction of sp³-hybridized carbons (Fsp3) is 0.421. The van der Waals surface area contributed by atoms with Crippen LogP contribution in [0.4, 0.5) is 5.82 Å². The number of nitrogens with one attached hydrogen (secondary N) is 1. The van der Waals surface area contributed by atoms with Crippen molar-refractivity contribution >= 4 is 29.0 Å². The second-order valence-electron chi connectivity index (χ2n) is 7.18. The van der Waals surface area contributed by atoms with Crippen molar-refractivity contribution in [3.63, 3.8) is 0 Å². The minimum absolute atomic E-state index is 0.0155. The Kier molecular flexibility index (Phi) is 5.38. The topological polar surface area (TPSA) is 88.3 Å². The summed E-state index contributed by atoms with van der Waals surface area (Å²) in [7, 11) is 0. The molecular weight excluding hydrogens is 378 g/mol. The molecule has 1 atom stereocenters. The molecule has 146 valence electrons. The predicted molar refractivity (Wildman–Crippen MR) is 106 cm³/mol. The van der Waals surface area contributed by atoms with Crippen LogP contribution in [0.25, 0.3) is 5.65 Å². The number of anilines is 1. The molecule has 8 nitrogen and oxygen atoms in total. The molecule has 4 rings (SSSR count). The molecule has 3 aromatic rings. The fourth-order valence-electron chi connectivity index (χ4n) is 3.59. The van der Waals surface area contributed by atoms with Crippen molar-refractivity contribution in [1.82, 2.24) is 30.6 Å². The molecule has 1 fully saturated rings. The lowest BCUT2D eigenvalue weighted by Crippen LogP contribution is -2.44. The van der Waals surface area contributed by atoms with Gasteiger partial charge in [0, 0.05) is 30.1 Å². The van der Waals surface area contributed by atoms with Crippen molar-refractivity contribution in [3.05, 3.63) is 47.0 Å². The van der Waals surface area contributed by atoms with Gasteiger partial charge in [0.15, 0.2) is 11.5 Å². The Morgan fingerprint density at radius 1 is 1.25 bits per heavy atom. The molecule has 9 heteroatoms. The normalized spacial score (nSPS) is 16.3. The van der Waals surface area contributed by atoms with E-state index in [1.54, 1.807) is 0 Å². The molecule has 1 N–H and O–H groups in total. The highest BCUT2D eigenvalue weighted by atomic mass is 35.5. The Balaban J connectivity index is 1.30. The van der Waals surface area contributed by atoms with Gasteiger partial charge in [-0.3, -0.25) is 4.79 Å². The third-order valence-electron chi connectivity index (χ3n) is 5.12. The standard InChI is InChI=1S/C19H22ClN7O/c1-13(12-15-4-2-3-5-16(15)20)21-19(28)14-8-10-26(11-9-14)18-7-6-17-22-24-25-27(17)23-18/h2-7,13-14H,8-12H2,1H3,(H,21,28). The van der Waals surface area contributed by atoms with Gasteiger partial charge in [0.05, 0.1) is 0 Å². The Morgan fingerprint density at radius 2 is 2.04 bits per heavy atom. The number of carbonyl (C=O) groups excluding carboxylic acids is 1. The Hall–Kier alpha value is -2.74. The third-order valence-corrected chi connectivity index (χ3v) is 5.49. The minimum Gasteiger partial charge on any atom is -0.355 e. The second-order valence-corrected chi connectivity index (χ2v) is 7.59. The molecule has 0 radical (unpaired) electrons. The minimum atomic E-state index is 0.0155. The number of benzene rings is 1. The van der Waals surface area contributed by atoms with E-state index >= 15 is 0 Å². The second kappa shape index (κ2) is 8.10. The summed E-state index contributed by atoms with van der Waals surface area (Å²) in [6, 6.07) is 11.5. The molecule has 1 aliphatic rings. The summed E-state index contributed by atoms with van der Waals surface area (Å²) < 4.78 is 1.42. The lowest BCUT2D eigenvalue weighted by atomic mass is 9.95. The van der Waals surface area contributed by atoms with E-state index in [0.717, 1.165) is 48.8 Å². The number of rotatable bonds is 5. The summed E-state index contributed by atoms with van der Waals surface area (Å²) in [5, 5.41) is 19.6. The molecule has 1 saturated heterocycles. The maximum atomic E-state index is 12.7. The van der Waals surface area contributed by atoms with Crippen LogP contribution in [0, 0.1) is 5.92 Å². The van der Waals surface area contributed by atoms with Gasteiger partial charge in [-0.1, -0.05) is 29.8 Å². The van der Waals surface area contributed by atoms with Crippen LogP contribution in [-0.2, 0) is 11.2 Å². The lowest BCUT2D eigenvalue weighted by molar-refractivity contribution is -0.126. The molecule has 0 bridgehead atoms. The van der Waals surface area contributed by atoms with E-state index < -0.39 is 0 Å². The molecule has 2 aromatic heterocycles. The number of carbonyl (C=O) groups is 1. The number of hydrogen-bond donors (Lipinski definition) is 1. The molecular formula is C19H22ClN7O. The molecule has 1 amide bonds. The number of halogens is 1. The van der Waals surface area contributed by atoms with Crippen molar-refractivity contribution in [2.45, 2.75) is 32.2 Å². The van der Waals surface area contributed by atoms with Crippen LogP contribution in [-0.4, -0.2) is 50.3 Å². The number of amides is 1. The number of tetrazole rings is 1. The number of nitrogens with zero attached hydrogens (tertiary/aromatic N) is 6. The van der Waals surface area contributed by atoms with Crippen LogP contribution in [0.5, 0.6) is 0 Å². The number of aromatic nitrogens is 5. The molecule has 3 heterocycles. The van der Waals surface area contributed by atoms with Crippen molar-refractivity contribution in [3.8, 4) is 0 Å². The van der Waals surface area contributed by atoms with Crippen LogP contribution in [0.2, 0.25) is 5.02 Å². The average Bonchev–Trinajstić information content (AvgIpc) is 3.17. The van der Waals surface area contributed by atoms with E-state index in [1.165, 1.54) is 4.63 Å². The lowest BCUT2D eigenvalue weighted by Gasteiger charge is -2.32. The summed E-state index contributed by atoms with van der Waals surface area (Å²) in [5.74, 6) is 0.954. The highest BCUT2D eigenvalue weighted by molar-refractivity contribution is 6.31. The van der Waals surface area contributed by atoms with Gasteiger partial charge < -0.3 is 10.2 Å². The van der Waals surface area contributed by atoms with Crippen LogP contribution in [0.3, 0.4) is 0 Å². The van der Waals surface area contributed by atoms with Gasteiger partial charge in [-0.25, -0.2) is 0 Å². The van der Waals surface area contributed by atoms with Gasteiger partial charge in [-0.15, -0.1) is 14.8 Å². The highest BCUT2D eigenvalue weighted by Crippen LogP contribution is 2.22. The maximum absolute atomic E-state index is 12.7. The SMILES string of the molecule is CC(Cc1ccccc1Cl)NC(=O)C1CCN(c2ccc3nnnn3n2)CC1. The first-order valence-electron chi connectivity index (χ1n) is 9.44. The predicted octanol–water partition coefficient (Wildman–Crippen LogP) is 2.14.